The van der Waals surface area contributed by atoms with Crippen LogP contribution in [0.25, 0.3) is 0 Å². The van der Waals surface area contributed by atoms with Gasteiger partial charge in [-0.2, -0.15) is 0 Å². The molecule has 0 bridgehead atoms. The quantitative estimate of drug-likeness (QED) is 0.460. The largest absolute Gasteiger partial charge is 0.382 e. The second kappa shape index (κ2) is 9.72. The van der Waals surface area contributed by atoms with Crippen LogP contribution < -0.4 is 0 Å². The number of non-ortho nitro benzene ring substituents is 2. The molecule has 2 rings (SSSR count). The Bertz CT molecular complexity index is 697. The highest BCUT2D eigenvalue weighted by Gasteiger charge is 2.21. The van der Waals surface area contributed by atoms with Gasteiger partial charge in [-0.15, -0.1) is 0 Å². The van der Waals surface area contributed by atoms with Crippen LogP contribution in [0.5, 0.6) is 0 Å². The zero-order valence-corrected chi connectivity index (χ0v) is 14.9. The first-order valence-electron chi connectivity index (χ1n) is 8.08. The van der Waals surface area contributed by atoms with E-state index in [1.54, 1.807) is 24.3 Å². The summed E-state index contributed by atoms with van der Waals surface area (Å²) < 4.78 is 16.5. The van der Waals surface area contributed by atoms with E-state index in [1.165, 1.54) is 38.5 Å². The second-order valence-electron chi connectivity index (χ2n) is 5.72. The molecule has 0 saturated heterocycles. The van der Waals surface area contributed by atoms with Crippen molar-refractivity contribution < 1.29 is 24.1 Å². The smallest absolute Gasteiger partial charge is 0.269 e. The maximum atomic E-state index is 10.8. The summed E-state index contributed by atoms with van der Waals surface area (Å²) in [7, 11) is 3.05. The van der Waals surface area contributed by atoms with Gasteiger partial charge in [-0.1, -0.05) is 0 Å². The number of hydrogen-bond donors (Lipinski definition) is 0. The first-order valence-corrected chi connectivity index (χ1v) is 8.08. The van der Waals surface area contributed by atoms with Gasteiger partial charge in [0.2, 0.25) is 0 Å². The summed E-state index contributed by atoms with van der Waals surface area (Å²) in [6, 6.07) is 12.1. The van der Waals surface area contributed by atoms with Crippen LogP contribution in [0.3, 0.4) is 0 Å². The molecule has 0 aliphatic heterocycles. The fourth-order valence-electron chi connectivity index (χ4n) is 2.55. The molecule has 9 heteroatoms. The summed E-state index contributed by atoms with van der Waals surface area (Å²) in [5.74, 6) is 0. The van der Waals surface area contributed by atoms with Crippen molar-refractivity contribution in [3.8, 4) is 0 Å². The third-order valence-corrected chi connectivity index (χ3v) is 3.92. The third kappa shape index (κ3) is 5.55. The topological polar surface area (TPSA) is 114 Å². The molecule has 9 nitrogen and oxygen atoms in total. The number of nitro benzene ring substituents is 2. The minimum Gasteiger partial charge on any atom is -0.382 e. The van der Waals surface area contributed by atoms with Gasteiger partial charge < -0.3 is 14.2 Å². The van der Waals surface area contributed by atoms with Gasteiger partial charge in [-0.05, 0) is 35.4 Å². The van der Waals surface area contributed by atoms with Crippen molar-refractivity contribution in [2.45, 2.75) is 12.2 Å². The lowest BCUT2D eigenvalue weighted by atomic mass is 10.1. The molecular weight excluding hydrogens is 356 g/mol. The SMILES string of the molecule is COCC(OC(COC)c1ccc([N+](=O)[O-])cc1)c1ccc([N+](=O)[O-])cc1. The van der Waals surface area contributed by atoms with Crippen molar-refractivity contribution in [2.75, 3.05) is 27.4 Å². The molecule has 0 N–H and O–H groups in total. The third-order valence-electron chi connectivity index (χ3n) is 3.92. The van der Waals surface area contributed by atoms with Crippen molar-refractivity contribution in [1.82, 2.24) is 0 Å². The standard InChI is InChI=1S/C18H20N2O7/c1-25-11-17(13-3-7-15(8-4-13)19(21)22)27-18(12-26-2)14-5-9-16(10-6-14)20(23)24/h3-10,17-18H,11-12H2,1-2H3. The fourth-order valence-corrected chi connectivity index (χ4v) is 2.55. The number of nitro groups is 2. The van der Waals surface area contributed by atoms with Gasteiger partial charge in [0.25, 0.3) is 11.4 Å². The van der Waals surface area contributed by atoms with E-state index in [1.807, 2.05) is 0 Å². The lowest BCUT2D eigenvalue weighted by Gasteiger charge is -2.25. The van der Waals surface area contributed by atoms with E-state index in [0.29, 0.717) is 11.1 Å². The van der Waals surface area contributed by atoms with Crippen LogP contribution in [-0.4, -0.2) is 37.3 Å². The second-order valence-corrected chi connectivity index (χ2v) is 5.72. The number of methoxy groups -OCH3 is 2. The molecule has 2 atom stereocenters. The van der Waals surface area contributed by atoms with Gasteiger partial charge >= 0.3 is 0 Å². The van der Waals surface area contributed by atoms with E-state index >= 15 is 0 Å². The zero-order valence-electron chi connectivity index (χ0n) is 14.9. The van der Waals surface area contributed by atoms with E-state index in [4.69, 9.17) is 14.2 Å². The van der Waals surface area contributed by atoms with Gasteiger partial charge in [0.05, 0.1) is 23.1 Å². The monoisotopic (exact) mass is 376 g/mol. The molecule has 0 radical (unpaired) electrons. The lowest BCUT2D eigenvalue weighted by molar-refractivity contribution is -0.385. The molecule has 2 aromatic carbocycles. The number of nitrogens with zero attached hydrogens (tertiary/aromatic N) is 2. The average molecular weight is 376 g/mol. The van der Waals surface area contributed by atoms with Gasteiger partial charge in [-0.3, -0.25) is 20.2 Å². The summed E-state index contributed by atoms with van der Waals surface area (Å²) in [5, 5.41) is 21.6. The number of ether oxygens (including phenoxy) is 3. The van der Waals surface area contributed by atoms with E-state index < -0.39 is 22.1 Å². The molecule has 0 amide bonds. The Morgan fingerprint density at radius 3 is 1.33 bits per heavy atom. The minimum atomic E-state index is -0.494. The summed E-state index contributed by atoms with van der Waals surface area (Å²) in [4.78, 5) is 20.7. The Kier molecular flexibility index (Phi) is 7.35. The van der Waals surface area contributed by atoms with Gasteiger partial charge in [0.1, 0.15) is 12.2 Å². The van der Waals surface area contributed by atoms with E-state index in [2.05, 4.69) is 0 Å². The Morgan fingerprint density at radius 1 is 0.741 bits per heavy atom. The highest BCUT2D eigenvalue weighted by Crippen LogP contribution is 2.29. The molecule has 2 aromatic rings. The van der Waals surface area contributed by atoms with E-state index in [-0.39, 0.29) is 24.6 Å². The Balaban J connectivity index is 2.23. The predicted molar refractivity (Wildman–Crippen MR) is 96.5 cm³/mol. The molecule has 144 valence electrons. The normalized spacial score (nSPS) is 13.1. The van der Waals surface area contributed by atoms with Crippen LogP contribution in [0.2, 0.25) is 0 Å². The van der Waals surface area contributed by atoms with E-state index in [9.17, 15) is 20.2 Å². The lowest BCUT2D eigenvalue weighted by Crippen LogP contribution is -2.18. The van der Waals surface area contributed by atoms with Crippen LogP contribution in [0, 0.1) is 20.2 Å². The van der Waals surface area contributed by atoms with Crippen molar-refractivity contribution in [3.05, 3.63) is 79.9 Å². The average Bonchev–Trinajstić information content (AvgIpc) is 2.67. The van der Waals surface area contributed by atoms with E-state index in [0.717, 1.165) is 0 Å². The van der Waals surface area contributed by atoms with Crippen LogP contribution in [0.15, 0.2) is 48.5 Å². The van der Waals surface area contributed by atoms with Gasteiger partial charge in [0.15, 0.2) is 0 Å². The number of benzene rings is 2. The Morgan fingerprint density at radius 2 is 1.07 bits per heavy atom. The number of rotatable bonds is 10. The molecule has 2 unspecified atom stereocenters. The highest BCUT2D eigenvalue weighted by molar-refractivity contribution is 5.35. The molecular formula is C18H20N2O7. The zero-order chi connectivity index (χ0) is 19.8. The first kappa shape index (κ1) is 20.4. The van der Waals surface area contributed by atoms with Crippen LogP contribution in [0.1, 0.15) is 23.3 Å². The van der Waals surface area contributed by atoms with Crippen molar-refractivity contribution in [3.63, 3.8) is 0 Å². The molecule has 0 fully saturated rings. The maximum Gasteiger partial charge on any atom is 0.269 e. The van der Waals surface area contributed by atoms with Gasteiger partial charge in [-0.25, -0.2) is 0 Å². The molecule has 0 heterocycles. The number of hydrogen-bond acceptors (Lipinski definition) is 7. The van der Waals surface area contributed by atoms with Crippen LogP contribution in [-0.2, 0) is 14.2 Å². The predicted octanol–water partition coefficient (Wildman–Crippen LogP) is 3.59. The molecule has 0 saturated carbocycles. The van der Waals surface area contributed by atoms with Gasteiger partial charge in [0, 0.05) is 38.5 Å². The minimum absolute atomic E-state index is 0.0151. The molecule has 0 spiro atoms. The van der Waals surface area contributed by atoms with Crippen molar-refractivity contribution in [2.24, 2.45) is 0 Å². The maximum absolute atomic E-state index is 10.8. The Labute approximate surface area is 155 Å². The van der Waals surface area contributed by atoms with Crippen molar-refractivity contribution in [1.29, 1.82) is 0 Å². The van der Waals surface area contributed by atoms with Crippen molar-refractivity contribution >= 4 is 11.4 Å². The molecule has 0 aliphatic rings. The summed E-state index contributed by atoms with van der Waals surface area (Å²) >= 11 is 0. The molecule has 27 heavy (non-hydrogen) atoms. The fraction of sp³-hybridized carbons (Fsp3) is 0.333. The summed E-state index contributed by atoms with van der Waals surface area (Å²) in [6.45, 7) is 0.454. The summed E-state index contributed by atoms with van der Waals surface area (Å²) in [6.07, 6.45) is -0.989. The summed E-state index contributed by atoms with van der Waals surface area (Å²) in [5.41, 5.74) is 1.40. The Hall–Kier alpha value is -2.88. The molecule has 0 aromatic heterocycles. The van der Waals surface area contributed by atoms with Crippen LogP contribution >= 0.6 is 0 Å². The van der Waals surface area contributed by atoms with Crippen LogP contribution in [0.4, 0.5) is 11.4 Å². The highest BCUT2D eigenvalue weighted by atomic mass is 16.6. The molecule has 0 aliphatic carbocycles. The first-order chi connectivity index (χ1) is 13.0.